The fourth-order valence-corrected chi connectivity index (χ4v) is 3.42. The molecule has 3 nitrogen and oxygen atoms in total. The molecular formula is C15H16ClNO2S. The molecule has 5 heteroatoms. The van der Waals surface area contributed by atoms with Gasteiger partial charge in [0.05, 0.1) is 10.8 Å². The summed E-state index contributed by atoms with van der Waals surface area (Å²) in [7, 11) is 0.460. The van der Waals surface area contributed by atoms with Gasteiger partial charge >= 0.3 is 0 Å². The maximum Gasteiger partial charge on any atom is 0.205 e. The maximum atomic E-state index is 12.5. The quantitative estimate of drug-likeness (QED) is 0.815. The van der Waals surface area contributed by atoms with E-state index < -0.39 is 10.8 Å². The zero-order chi connectivity index (χ0) is 14.7. The normalized spacial score (nSPS) is 12.3. The van der Waals surface area contributed by atoms with Gasteiger partial charge in [0.1, 0.15) is 4.90 Å². The van der Waals surface area contributed by atoms with Crippen molar-refractivity contribution in [3.05, 3.63) is 52.4 Å². The van der Waals surface area contributed by atoms with Gasteiger partial charge in [0.25, 0.3) is 0 Å². The molecule has 0 saturated heterocycles. The molecule has 2 rings (SSSR count). The Morgan fingerprint density at radius 2 is 2.05 bits per heavy atom. The third kappa shape index (κ3) is 3.19. The number of nitrogens with zero attached hydrogens (tertiary/aromatic N) is 1. The van der Waals surface area contributed by atoms with Gasteiger partial charge in [-0.2, -0.15) is 0 Å². The van der Waals surface area contributed by atoms with Gasteiger partial charge in [0, 0.05) is 36.6 Å². The molecule has 0 radical (unpaired) electrons. The van der Waals surface area contributed by atoms with E-state index in [1.165, 1.54) is 0 Å². The highest BCUT2D eigenvalue weighted by Gasteiger charge is 2.13. The van der Waals surface area contributed by atoms with E-state index in [4.69, 9.17) is 11.6 Å². The number of rotatable bonds is 4. The van der Waals surface area contributed by atoms with Crippen molar-refractivity contribution in [2.75, 3.05) is 11.6 Å². The van der Waals surface area contributed by atoms with Gasteiger partial charge < -0.3 is 4.57 Å². The summed E-state index contributed by atoms with van der Waals surface area (Å²) in [4.78, 5) is 12.8. The van der Waals surface area contributed by atoms with Crippen LogP contribution in [-0.4, -0.2) is 20.4 Å². The van der Waals surface area contributed by atoms with Crippen LogP contribution in [0.2, 0.25) is 0 Å². The highest BCUT2D eigenvalue weighted by atomic mass is 35.5. The van der Waals surface area contributed by atoms with Crippen LogP contribution in [0.25, 0.3) is 11.1 Å². The Hall–Kier alpha value is -1.39. The SMILES string of the molecule is Cc1cccc(-c2cn(C)cc(S(=O)CCCl)c2=O)c1. The molecular weight excluding hydrogens is 294 g/mol. The van der Waals surface area contributed by atoms with Crippen LogP contribution in [0, 0.1) is 6.92 Å². The molecule has 1 aromatic heterocycles. The van der Waals surface area contributed by atoms with Crippen LogP contribution in [0.15, 0.2) is 46.3 Å². The van der Waals surface area contributed by atoms with E-state index in [2.05, 4.69) is 0 Å². The lowest BCUT2D eigenvalue weighted by Gasteiger charge is -2.08. The summed E-state index contributed by atoms with van der Waals surface area (Å²) in [6, 6.07) is 7.72. The number of aromatic nitrogens is 1. The molecule has 1 heterocycles. The summed E-state index contributed by atoms with van der Waals surface area (Å²) >= 11 is 5.61. The molecule has 0 saturated carbocycles. The molecule has 1 unspecified atom stereocenters. The van der Waals surface area contributed by atoms with E-state index in [1.54, 1.807) is 17.0 Å². The average Bonchev–Trinajstić information content (AvgIpc) is 2.41. The summed E-state index contributed by atoms with van der Waals surface area (Å²) in [5, 5.41) is 0. The lowest BCUT2D eigenvalue weighted by atomic mass is 10.1. The summed E-state index contributed by atoms with van der Waals surface area (Å²) < 4.78 is 13.8. The Bertz CT molecular complexity index is 709. The number of halogens is 1. The Labute approximate surface area is 125 Å². The Kier molecular flexibility index (Phi) is 4.78. The number of benzene rings is 1. The van der Waals surface area contributed by atoms with Crippen LogP contribution in [-0.2, 0) is 17.8 Å². The molecule has 0 spiro atoms. The second-order valence-electron chi connectivity index (χ2n) is 4.64. The monoisotopic (exact) mass is 309 g/mol. The van der Waals surface area contributed by atoms with E-state index in [0.717, 1.165) is 11.1 Å². The van der Waals surface area contributed by atoms with Crippen molar-refractivity contribution in [2.45, 2.75) is 11.8 Å². The van der Waals surface area contributed by atoms with Crippen molar-refractivity contribution in [1.29, 1.82) is 0 Å². The molecule has 1 aromatic carbocycles. The molecule has 0 fully saturated rings. The van der Waals surface area contributed by atoms with Gasteiger partial charge in [0.2, 0.25) is 5.43 Å². The molecule has 0 N–H and O–H groups in total. The number of alkyl halides is 1. The Morgan fingerprint density at radius 1 is 1.30 bits per heavy atom. The van der Waals surface area contributed by atoms with Crippen molar-refractivity contribution in [3.8, 4) is 11.1 Å². The molecule has 0 aliphatic rings. The van der Waals surface area contributed by atoms with E-state index in [-0.39, 0.29) is 17.1 Å². The number of hydrogen-bond acceptors (Lipinski definition) is 2. The molecule has 1 atom stereocenters. The molecule has 20 heavy (non-hydrogen) atoms. The van der Waals surface area contributed by atoms with Gasteiger partial charge in [-0.15, -0.1) is 11.6 Å². The zero-order valence-electron chi connectivity index (χ0n) is 11.4. The lowest BCUT2D eigenvalue weighted by Crippen LogP contribution is -2.17. The molecule has 0 aliphatic heterocycles. The minimum atomic E-state index is -1.36. The molecule has 0 amide bonds. The first-order valence-electron chi connectivity index (χ1n) is 6.24. The van der Waals surface area contributed by atoms with Crippen LogP contribution < -0.4 is 5.43 Å². The van der Waals surface area contributed by atoms with Gasteiger partial charge in [-0.1, -0.05) is 29.8 Å². The van der Waals surface area contributed by atoms with Crippen LogP contribution in [0.5, 0.6) is 0 Å². The summed E-state index contributed by atoms with van der Waals surface area (Å²) in [5.41, 5.74) is 2.31. The Morgan fingerprint density at radius 3 is 2.70 bits per heavy atom. The van der Waals surface area contributed by atoms with Crippen LogP contribution in [0.1, 0.15) is 5.56 Å². The standard InChI is InChI=1S/C15H16ClNO2S/c1-11-4-3-5-12(8-11)13-9-17(2)10-14(15(13)18)20(19)7-6-16/h3-5,8-10H,6-7H2,1-2H3. The molecule has 0 bridgehead atoms. The third-order valence-corrected chi connectivity index (χ3v) is 4.73. The van der Waals surface area contributed by atoms with Gasteiger partial charge in [-0.05, 0) is 12.5 Å². The maximum absolute atomic E-state index is 12.5. The minimum absolute atomic E-state index is 0.183. The van der Waals surface area contributed by atoms with Gasteiger partial charge in [0.15, 0.2) is 0 Å². The third-order valence-electron chi connectivity index (χ3n) is 2.96. The first-order valence-corrected chi connectivity index (χ1v) is 8.10. The highest BCUT2D eigenvalue weighted by Crippen LogP contribution is 2.18. The van der Waals surface area contributed by atoms with E-state index in [1.807, 2.05) is 38.2 Å². The summed E-state index contributed by atoms with van der Waals surface area (Å²) in [5.74, 6) is 0.554. The predicted octanol–water partition coefficient (Wildman–Crippen LogP) is 2.71. The first-order chi connectivity index (χ1) is 9.52. The fourth-order valence-electron chi connectivity index (χ4n) is 2.04. The van der Waals surface area contributed by atoms with Crippen LogP contribution >= 0.6 is 11.6 Å². The largest absolute Gasteiger partial charge is 0.355 e. The highest BCUT2D eigenvalue weighted by molar-refractivity contribution is 7.85. The van der Waals surface area contributed by atoms with Crippen molar-refractivity contribution in [1.82, 2.24) is 4.57 Å². The predicted molar refractivity (Wildman–Crippen MR) is 83.9 cm³/mol. The van der Waals surface area contributed by atoms with Crippen molar-refractivity contribution in [2.24, 2.45) is 7.05 Å². The number of pyridine rings is 1. The fraction of sp³-hybridized carbons (Fsp3) is 0.267. The first kappa shape index (κ1) is 15.0. The molecule has 2 aromatic rings. The average molecular weight is 310 g/mol. The second kappa shape index (κ2) is 6.37. The number of aryl methyl sites for hydroxylation is 2. The van der Waals surface area contributed by atoms with Crippen LogP contribution in [0.4, 0.5) is 0 Å². The smallest absolute Gasteiger partial charge is 0.205 e. The second-order valence-corrected chi connectivity index (χ2v) is 6.56. The Balaban J connectivity index is 2.61. The van der Waals surface area contributed by atoms with Crippen molar-refractivity contribution < 1.29 is 4.21 Å². The van der Waals surface area contributed by atoms with Gasteiger partial charge in [-0.3, -0.25) is 9.00 Å². The topological polar surface area (TPSA) is 39.1 Å². The van der Waals surface area contributed by atoms with E-state index in [9.17, 15) is 9.00 Å². The van der Waals surface area contributed by atoms with Crippen molar-refractivity contribution in [3.63, 3.8) is 0 Å². The van der Waals surface area contributed by atoms with E-state index >= 15 is 0 Å². The van der Waals surface area contributed by atoms with Crippen molar-refractivity contribution >= 4 is 22.4 Å². The molecule has 0 aliphatic carbocycles. The zero-order valence-corrected chi connectivity index (χ0v) is 13.0. The minimum Gasteiger partial charge on any atom is -0.355 e. The molecule has 106 valence electrons. The lowest BCUT2D eigenvalue weighted by molar-refractivity contribution is 0.682. The van der Waals surface area contributed by atoms with Crippen LogP contribution in [0.3, 0.4) is 0 Å². The summed E-state index contributed by atoms with van der Waals surface area (Å²) in [6.45, 7) is 1.98. The number of hydrogen-bond donors (Lipinski definition) is 0. The van der Waals surface area contributed by atoms with Gasteiger partial charge in [-0.25, -0.2) is 0 Å². The summed E-state index contributed by atoms with van der Waals surface area (Å²) in [6.07, 6.45) is 3.38. The van der Waals surface area contributed by atoms with E-state index in [0.29, 0.717) is 10.5 Å².